The average molecular weight is 421 g/mol. The van der Waals surface area contributed by atoms with Gasteiger partial charge in [-0.2, -0.15) is 0 Å². The van der Waals surface area contributed by atoms with Gasteiger partial charge in [0.2, 0.25) is 0 Å². The Kier molecular flexibility index (Phi) is 14.5. The van der Waals surface area contributed by atoms with Crippen molar-refractivity contribution in [1.82, 2.24) is 0 Å². The first-order valence-electron chi connectivity index (χ1n) is 0.894. The molecule has 0 amide bonds. The quantitative estimate of drug-likeness (QED) is 0.308. The van der Waals surface area contributed by atoms with Crippen LogP contribution in [0.3, 0.4) is 0 Å². The van der Waals surface area contributed by atoms with Gasteiger partial charge in [0.05, 0.1) is 0 Å². The predicted octanol–water partition coefficient (Wildman–Crippen LogP) is -3.42. The summed E-state index contributed by atoms with van der Waals surface area (Å²) in [5, 5.41) is 0. The van der Waals surface area contributed by atoms with Crippen molar-refractivity contribution in [2.24, 2.45) is 0 Å². The Balaban J connectivity index is -0.0000000800. The van der Waals surface area contributed by atoms with Crippen molar-refractivity contribution in [3.8, 4) is 0 Å². The topological polar surface area (TPSA) is 80.9 Å². The normalized spacial score (nSPS) is 8.57. The Hall–Kier alpha value is 2.18. The molecule has 7 heteroatoms. The Morgan fingerprint density at radius 3 is 0.857 bits per heavy atom. The molecule has 1 radical (unpaired) electrons. The molecule has 0 aromatic rings. The maximum atomic E-state index is 7.38. The molecule has 0 rings (SSSR count). The van der Waals surface area contributed by atoms with E-state index in [0.717, 1.165) is 0 Å². The van der Waals surface area contributed by atoms with Gasteiger partial charge in [-0.25, -0.2) is 0 Å². The first-order chi connectivity index (χ1) is 2.00. The molecule has 0 heterocycles. The minimum absolute atomic E-state index is 0. The molecule has 4 nitrogen and oxygen atoms in total. The van der Waals surface area contributed by atoms with Gasteiger partial charge in [-0.05, 0) is 0 Å². The second-order valence-corrected chi connectivity index (χ2v) is 2.47. The van der Waals surface area contributed by atoms with E-state index >= 15 is 0 Å². The fourth-order valence-corrected chi connectivity index (χ4v) is 0. The van der Waals surface area contributed by atoms with Crippen molar-refractivity contribution in [3.05, 3.63) is 0 Å². The summed E-state index contributed by atoms with van der Waals surface area (Å²) in [5.41, 5.74) is 0. The molecule has 7 heavy (non-hydrogen) atoms. The number of hydrogen-bond acceptors (Lipinski definition) is 4. The van der Waals surface area contributed by atoms with E-state index in [4.69, 9.17) is 14.8 Å². The van der Waals surface area contributed by atoms with Gasteiger partial charge < -0.3 is 0 Å². The Labute approximate surface area is 80.5 Å². The number of hydrogen-bond donors (Lipinski definition) is 4. The molecule has 0 aliphatic rings. The summed E-state index contributed by atoms with van der Waals surface area (Å²) in [6, 6.07) is 0. The van der Waals surface area contributed by atoms with Gasteiger partial charge in [-0.3, -0.25) is 0 Å². The second kappa shape index (κ2) is 6.30. The van der Waals surface area contributed by atoms with Crippen molar-refractivity contribution >= 4 is 26.2 Å². The van der Waals surface area contributed by atoms with Crippen LogP contribution in [0.2, 0.25) is 0 Å². The molecule has 0 unspecified atom stereocenters. The van der Waals surface area contributed by atoms with Crippen LogP contribution in [0.25, 0.3) is 0 Å². The first-order valence-corrected chi connectivity index (χ1v) is 3.69. The van der Waals surface area contributed by atoms with Gasteiger partial charge in [0.15, 0.2) is 0 Å². The zero-order valence-corrected chi connectivity index (χ0v) is 12.7. The van der Waals surface area contributed by atoms with Gasteiger partial charge in [-0.15, -0.1) is 0 Å². The fourth-order valence-electron chi connectivity index (χ4n) is 0. The maximum absolute atomic E-state index is 7.38. The van der Waals surface area contributed by atoms with E-state index in [0.29, 0.717) is 0 Å². The Morgan fingerprint density at radius 2 is 0.857 bits per heavy atom. The molecule has 0 atom stereocenters. The van der Waals surface area contributed by atoms with Gasteiger partial charge in [0.1, 0.15) is 0 Å². The molecule has 4 N–H and O–H groups in total. The van der Waals surface area contributed by atoms with Gasteiger partial charge in [0, 0.05) is 22.4 Å². The summed E-state index contributed by atoms with van der Waals surface area (Å²) < 4.78 is 29.5. The summed E-state index contributed by atoms with van der Waals surface area (Å²) in [6.07, 6.45) is 0. The van der Waals surface area contributed by atoms with E-state index in [1.54, 1.807) is 0 Å². The third-order valence-electron chi connectivity index (χ3n) is 0. The third-order valence-corrected chi connectivity index (χ3v) is 0. The molecule has 0 aliphatic carbocycles. The Bertz CT molecular complexity index is 27.2. The zero-order chi connectivity index (χ0) is 4.50. The predicted molar refractivity (Wildman–Crippen MR) is 18.8 cm³/mol. The SMILES string of the molecule is [BiH3].[Nb].[OH][Ti]([OH])([OH])[OH]. The molecule has 0 aliphatic heterocycles. The van der Waals surface area contributed by atoms with Gasteiger partial charge >= 0.3 is 59.1 Å². The fraction of sp³-hybridized carbons (Fsp3) is 0. The van der Waals surface area contributed by atoms with E-state index in [1.165, 1.54) is 0 Å². The van der Waals surface area contributed by atoms with Crippen LogP contribution >= 0.6 is 0 Å². The van der Waals surface area contributed by atoms with Crippen LogP contribution in [0.5, 0.6) is 0 Å². The summed E-state index contributed by atoms with van der Waals surface area (Å²) in [4.78, 5) is 0. The Morgan fingerprint density at radius 1 is 0.857 bits per heavy atom. The number of rotatable bonds is 0. The monoisotopic (exact) mass is 421 g/mol. The summed E-state index contributed by atoms with van der Waals surface area (Å²) in [5.74, 6) is 0. The second-order valence-electron chi connectivity index (χ2n) is 0.600. The van der Waals surface area contributed by atoms with E-state index in [-0.39, 0.29) is 48.6 Å². The van der Waals surface area contributed by atoms with Gasteiger partial charge in [-0.1, -0.05) is 0 Å². The van der Waals surface area contributed by atoms with Gasteiger partial charge in [0.25, 0.3) is 0 Å². The van der Waals surface area contributed by atoms with Crippen molar-refractivity contribution in [1.29, 1.82) is 0 Å². The molecule has 0 aromatic carbocycles. The third kappa shape index (κ3) is 65.8. The standard InChI is InChI=1S/Bi.Nb.4H2O.Ti.3H/h;;4*1H2;;;;/q;;;;;;+4;;;/p-4. The molecule has 0 fully saturated rings. The van der Waals surface area contributed by atoms with Crippen molar-refractivity contribution in [2.75, 3.05) is 0 Å². The van der Waals surface area contributed by atoms with E-state index in [2.05, 4.69) is 0 Å². The van der Waals surface area contributed by atoms with Crippen LogP contribution < -0.4 is 0 Å². The van der Waals surface area contributed by atoms with Crippen molar-refractivity contribution in [2.45, 2.75) is 0 Å². The zero-order valence-electron chi connectivity index (χ0n) is 3.44. The molecule has 0 spiro atoms. The minimum atomic E-state index is -5.00. The van der Waals surface area contributed by atoms with E-state index in [1.807, 2.05) is 0 Å². The molecule has 45 valence electrons. The van der Waals surface area contributed by atoms with Crippen LogP contribution in [0.15, 0.2) is 0 Å². The first kappa shape index (κ1) is 16.1. The van der Waals surface area contributed by atoms with E-state index < -0.39 is 18.1 Å². The molecular formula is H7BiNbO4Ti. The van der Waals surface area contributed by atoms with Crippen molar-refractivity contribution < 1.29 is 55.3 Å². The van der Waals surface area contributed by atoms with Crippen molar-refractivity contribution in [3.63, 3.8) is 0 Å². The molecule has 0 saturated heterocycles. The van der Waals surface area contributed by atoms with Crippen LogP contribution in [-0.2, 0) is 40.5 Å². The molecule has 0 bridgehead atoms. The van der Waals surface area contributed by atoms with Crippen LogP contribution in [0, 0.1) is 0 Å². The summed E-state index contributed by atoms with van der Waals surface area (Å²) in [6.45, 7) is 0. The van der Waals surface area contributed by atoms with Crippen LogP contribution in [0.4, 0.5) is 0 Å². The van der Waals surface area contributed by atoms with Crippen LogP contribution in [0.1, 0.15) is 0 Å². The van der Waals surface area contributed by atoms with Crippen LogP contribution in [-0.4, -0.2) is 41.0 Å². The molecular weight excluding hydrogens is 414 g/mol. The summed E-state index contributed by atoms with van der Waals surface area (Å²) in [7, 11) is 0. The van der Waals surface area contributed by atoms with E-state index in [9.17, 15) is 0 Å². The average Bonchev–Trinajstić information content (AvgIpc) is 0.722. The molecule has 0 saturated carbocycles. The summed E-state index contributed by atoms with van der Waals surface area (Å²) >= 11 is -5.00. The molecule has 0 aromatic heterocycles.